The van der Waals surface area contributed by atoms with Gasteiger partial charge in [-0.2, -0.15) is 0 Å². The van der Waals surface area contributed by atoms with Crippen molar-refractivity contribution in [3.8, 4) is 0 Å². The number of nitrogens with one attached hydrogen (secondary N) is 3. The average molecular weight is 378 g/mol. The summed E-state index contributed by atoms with van der Waals surface area (Å²) in [5.74, 6) is 1.01. The number of rotatable bonds is 7. The van der Waals surface area contributed by atoms with Crippen LogP contribution in [0, 0.1) is 23.7 Å². The maximum absolute atomic E-state index is 13.0. The van der Waals surface area contributed by atoms with Gasteiger partial charge in [-0.15, -0.1) is 0 Å². The van der Waals surface area contributed by atoms with Crippen molar-refractivity contribution in [2.24, 2.45) is 23.7 Å². The molecule has 26 heavy (non-hydrogen) atoms. The summed E-state index contributed by atoms with van der Waals surface area (Å²) in [6, 6.07) is 7.74. The summed E-state index contributed by atoms with van der Waals surface area (Å²) in [7, 11) is 0. The molecule has 1 saturated carbocycles. The monoisotopic (exact) mass is 377 g/mol. The molecule has 5 atom stereocenters. The lowest BCUT2D eigenvalue weighted by Gasteiger charge is -2.25. The van der Waals surface area contributed by atoms with Gasteiger partial charge in [-0.3, -0.25) is 9.59 Å². The van der Waals surface area contributed by atoms with Crippen LogP contribution in [0.15, 0.2) is 24.3 Å². The third-order valence-electron chi connectivity index (χ3n) is 5.77. The lowest BCUT2D eigenvalue weighted by molar-refractivity contribution is -0.124. The lowest BCUT2D eigenvalue weighted by atomic mass is 9.92. The Morgan fingerprint density at radius 1 is 1.35 bits per heavy atom. The van der Waals surface area contributed by atoms with Crippen LogP contribution in [0.1, 0.15) is 38.3 Å². The molecule has 2 fully saturated rings. The molecule has 1 aromatic carbocycles. The first-order valence-electron chi connectivity index (χ1n) is 9.52. The maximum Gasteiger partial charge on any atom is 0.224 e. The van der Waals surface area contributed by atoms with Gasteiger partial charge >= 0.3 is 0 Å². The minimum absolute atomic E-state index is 0.0112. The summed E-state index contributed by atoms with van der Waals surface area (Å²) < 4.78 is 0. The predicted molar refractivity (Wildman–Crippen MR) is 103 cm³/mol. The molecule has 5 nitrogen and oxygen atoms in total. The zero-order valence-corrected chi connectivity index (χ0v) is 16.2. The molecular formula is C20H28ClN3O2. The molecule has 2 aliphatic rings. The van der Waals surface area contributed by atoms with Gasteiger partial charge in [0.1, 0.15) is 0 Å². The van der Waals surface area contributed by atoms with Gasteiger partial charge in [0.2, 0.25) is 11.8 Å². The standard InChI is InChI=1S/C20H28ClN3O2/c1-3-16-17(11-23-12(2)25)18(16)20(26)24-19(14-7-8-22-10-14)13-5-4-6-15(21)9-13/h4-6,9,14,16-19,22H,3,7-8,10-11H2,1-2H3,(H,23,25)(H,24,26)/t14-,16+,17?,18+,19+/m0/s1. The van der Waals surface area contributed by atoms with Gasteiger partial charge in [0.25, 0.3) is 0 Å². The highest BCUT2D eigenvalue weighted by Crippen LogP contribution is 2.48. The molecule has 1 saturated heterocycles. The minimum Gasteiger partial charge on any atom is -0.356 e. The van der Waals surface area contributed by atoms with Crippen molar-refractivity contribution in [2.45, 2.75) is 32.7 Å². The fourth-order valence-electron chi connectivity index (χ4n) is 4.31. The van der Waals surface area contributed by atoms with E-state index in [0.29, 0.717) is 23.4 Å². The number of benzene rings is 1. The summed E-state index contributed by atoms with van der Waals surface area (Å²) in [5, 5.41) is 10.2. The van der Waals surface area contributed by atoms with Crippen molar-refractivity contribution >= 4 is 23.4 Å². The quantitative estimate of drug-likeness (QED) is 0.683. The van der Waals surface area contributed by atoms with Crippen molar-refractivity contribution in [1.82, 2.24) is 16.0 Å². The van der Waals surface area contributed by atoms with Gasteiger partial charge in [0.15, 0.2) is 0 Å². The molecule has 1 aromatic rings. The molecule has 0 bridgehead atoms. The number of halogens is 1. The molecule has 0 radical (unpaired) electrons. The fourth-order valence-corrected chi connectivity index (χ4v) is 4.51. The Morgan fingerprint density at radius 3 is 2.77 bits per heavy atom. The first kappa shape index (κ1) is 19.2. The third-order valence-corrected chi connectivity index (χ3v) is 6.00. The molecule has 142 valence electrons. The summed E-state index contributed by atoms with van der Waals surface area (Å²) >= 11 is 6.18. The highest BCUT2D eigenvalue weighted by Gasteiger charge is 2.53. The lowest BCUT2D eigenvalue weighted by Crippen LogP contribution is -2.36. The Bertz CT molecular complexity index is 660. The largest absolute Gasteiger partial charge is 0.356 e. The Labute approximate surface area is 160 Å². The molecule has 6 heteroatoms. The zero-order valence-electron chi connectivity index (χ0n) is 15.4. The first-order chi connectivity index (χ1) is 12.5. The molecule has 0 aromatic heterocycles. The molecule has 1 unspecified atom stereocenters. The van der Waals surface area contributed by atoms with E-state index in [4.69, 9.17) is 11.6 Å². The Kier molecular flexibility index (Phi) is 6.20. The number of amides is 2. The van der Waals surface area contributed by atoms with Crippen molar-refractivity contribution < 1.29 is 9.59 Å². The van der Waals surface area contributed by atoms with Crippen LogP contribution in [0.25, 0.3) is 0 Å². The first-order valence-corrected chi connectivity index (χ1v) is 9.90. The highest BCUT2D eigenvalue weighted by molar-refractivity contribution is 6.30. The number of hydrogen-bond acceptors (Lipinski definition) is 3. The second-order valence-corrected chi connectivity index (χ2v) is 7.93. The summed E-state index contributed by atoms with van der Waals surface area (Å²) in [6.45, 7) is 6.08. The second kappa shape index (κ2) is 8.40. The van der Waals surface area contributed by atoms with E-state index < -0.39 is 0 Å². The summed E-state index contributed by atoms with van der Waals surface area (Å²) in [6.07, 6.45) is 1.99. The van der Waals surface area contributed by atoms with Gasteiger partial charge in [0, 0.05) is 31.0 Å². The van der Waals surface area contributed by atoms with Crippen molar-refractivity contribution in [3.63, 3.8) is 0 Å². The second-order valence-electron chi connectivity index (χ2n) is 7.49. The molecule has 3 N–H and O–H groups in total. The Morgan fingerprint density at radius 2 is 2.15 bits per heavy atom. The molecule has 2 amide bonds. The number of carbonyl (C=O) groups is 2. The number of carbonyl (C=O) groups excluding carboxylic acids is 2. The highest BCUT2D eigenvalue weighted by atomic mass is 35.5. The zero-order chi connectivity index (χ0) is 18.7. The topological polar surface area (TPSA) is 70.2 Å². The van der Waals surface area contributed by atoms with Gasteiger partial charge in [-0.1, -0.05) is 37.1 Å². The van der Waals surface area contributed by atoms with E-state index in [0.717, 1.165) is 31.5 Å². The van der Waals surface area contributed by atoms with Gasteiger partial charge in [-0.25, -0.2) is 0 Å². The average Bonchev–Trinajstić information content (AvgIpc) is 3.05. The molecule has 1 aliphatic carbocycles. The van der Waals surface area contributed by atoms with Crippen LogP contribution < -0.4 is 16.0 Å². The smallest absolute Gasteiger partial charge is 0.224 e. The SMILES string of the molecule is CC[C@@H]1C(CNC(C)=O)[C@@H]1C(=O)N[C@H](c1cccc(Cl)c1)[C@H]1CCNC1. The van der Waals surface area contributed by atoms with E-state index in [1.807, 2.05) is 24.3 Å². The van der Waals surface area contributed by atoms with Gasteiger partial charge < -0.3 is 16.0 Å². The van der Waals surface area contributed by atoms with E-state index in [-0.39, 0.29) is 29.7 Å². The normalized spacial score (nSPS) is 28.4. The van der Waals surface area contributed by atoms with Gasteiger partial charge in [0.05, 0.1) is 6.04 Å². The summed E-state index contributed by atoms with van der Waals surface area (Å²) in [4.78, 5) is 24.2. The van der Waals surface area contributed by atoms with E-state index in [9.17, 15) is 9.59 Å². The van der Waals surface area contributed by atoms with Gasteiger partial charge in [-0.05, 0) is 48.4 Å². The summed E-state index contributed by atoms with van der Waals surface area (Å²) in [5.41, 5.74) is 1.06. The predicted octanol–water partition coefficient (Wildman–Crippen LogP) is 2.52. The van der Waals surface area contributed by atoms with Crippen LogP contribution in [-0.4, -0.2) is 31.4 Å². The van der Waals surface area contributed by atoms with E-state index >= 15 is 0 Å². The minimum atomic E-state index is -0.0419. The molecule has 0 spiro atoms. The molecular weight excluding hydrogens is 350 g/mol. The van der Waals surface area contributed by atoms with Crippen LogP contribution in [0.4, 0.5) is 0 Å². The van der Waals surface area contributed by atoms with E-state index in [1.165, 1.54) is 6.92 Å². The van der Waals surface area contributed by atoms with E-state index in [1.54, 1.807) is 0 Å². The molecule has 3 rings (SSSR count). The van der Waals surface area contributed by atoms with Crippen molar-refractivity contribution in [2.75, 3.05) is 19.6 Å². The van der Waals surface area contributed by atoms with Crippen molar-refractivity contribution in [1.29, 1.82) is 0 Å². The van der Waals surface area contributed by atoms with Crippen LogP contribution in [0.3, 0.4) is 0 Å². The fraction of sp³-hybridized carbons (Fsp3) is 0.600. The molecule has 1 aliphatic heterocycles. The maximum atomic E-state index is 13.0. The Hall–Kier alpha value is -1.59. The third kappa shape index (κ3) is 4.38. The van der Waals surface area contributed by atoms with Crippen molar-refractivity contribution in [3.05, 3.63) is 34.9 Å². The van der Waals surface area contributed by atoms with Crippen LogP contribution >= 0.6 is 11.6 Å². The molecule has 1 heterocycles. The van der Waals surface area contributed by atoms with Crippen LogP contribution in [0.5, 0.6) is 0 Å². The van der Waals surface area contributed by atoms with Crippen LogP contribution in [0.2, 0.25) is 5.02 Å². The van der Waals surface area contributed by atoms with E-state index in [2.05, 4.69) is 22.9 Å². The number of hydrogen-bond donors (Lipinski definition) is 3. The Balaban J connectivity index is 1.70. The van der Waals surface area contributed by atoms with Crippen LogP contribution in [-0.2, 0) is 9.59 Å².